The Morgan fingerprint density at radius 2 is 1.90 bits per heavy atom. The number of carbonyl (C=O) groups is 1. The lowest BCUT2D eigenvalue weighted by Gasteiger charge is -2.41. The van der Waals surface area contributed by atoms with Crippen LogP contribution in [0.2, 0.25) is 0 Å². The van der Waals surface area contributed by atoms with Gasteiger partial charge in [-0.15, -0.1) is 0 Å². The normalized spacial score (nSPS) is 26.4. The minimum Gasteiger partial charge on any atom is -0.350 e. The summed E-state index contributed by atoms with van der Waals surface area (Å²) < 4.78 is 0. The van der Waals surface area contributed by atoms with Gasteiger partial charge in [0.25, 0.3) is 0 Å². The lowest BCUT2D eigenvalue weighted by Crippen LogP contribution is -2.62. The molecule has 6 nitrogen and oxygen atoms in total. The number of hydrogen-bond donors (Lipinski definition) is 3. The molecule has 6 heteroatoms. The Labute approximate surface area is 122 Å². The van der Waals surface area contributed by atoms with Gasteiger partial charge < -0.3 is 10.6 Å². The van der Waals surface area contributed by atoms with Crippen molar-refractivity contribution in [3.05, 3.63) is 0 Å². The molecule has 0 aromatic heterocycles. The van der Waals surface area contributed by atoms with Gasteiger partial charge >= 0.3 is 0 Å². The third kappa shape index (κ3) is 5.01. The predicted molar refractivity (Wildman–Crippen MR) is 80.6 cm³/mol. The zero-order valence-electron chi connectivity index (χ0n) is 13.0. The predicted octanol–water partition coefficient (Wildman–Crippen LogP) is -0.962. The molecule has 2 saturated heterocycles. The zero-order valence-corrected chi connectivity index (χ0v) is 13.0. The summed E-state index contributed by atoms with van der Waals surface area (Å²) >= 11 is 0. The molecular formula is C14H29N5O. The van der Waals surface area contributed by atoms with Crippen LogP contribution in [0.4, 0.5) is 0 Å². The van der Waals surface area contributed by atoms with Crippen molar-refractivity contribution in [2.45, 2.75) is 32.5 Å². The van der Waals surface area contributed by atoms with Gasteiger partial charge in [-0.1, -0.05) is 0 Å². The standard InChI is InChI=1S/C14H29N5O/c1-14(2,3)17-13(20)11-18-6-8-19(9-7-18)12-10-15-4-5-16-12/h12,15-16H,4-11H2,1-3H3,(H,17,20). The van der Waals surface area contributed by atoms with E-state index < -0.39 is 0 Å². The van der Waals surface area contributed by atoms with E-state index in [0.717, 1.165) is 45.8 Å². The third-order valence-corrected chi connectivity index (χ3v) is 3.75. The van der Waals surface area contributed by atoms with Crippen molar-refractivity contribution in [2.75, 3.05) is 52.4 Å². The summed E-state index contributed by atoms with van der Waals surface area (Å²) in [4.78, 5) is 16.6. The summed E-state index contributed by atoms with van der Waals surface area (Å²) in [6.45, 7) is 13.7. The van der Waals surface area contributed by atoms with Crippen molar-refractivity contribution < 1.29 is 4.79 Å². The van der Waals surface area contributed by atoms with Crippen LogP contribution in [0.1, 0.15) is 20.8 Å². The smallest absolute Gasteiger partial charge is 0.234 e. The number of rotatable bonds is 3. The number of piperazine rings is 2. The van der Waals surface area contributed by atoms with Crippen LogP contribution in [0.3, 0.4) is 0 Å². The molecule has 2 fully saturated rings. The summed E-state index contributed by atoms with van der Waals surface area (Å²) in [5.41, 5.74) is -0.142. The Morgan fingerprint density at radius 1 is 1.20 bits per heavy atom. The Balaban J connectivity index is 1.70. The van der Waals surface area contributed by atoms with E-state index in [1.807, 2.05) is 20.8 Å². The van der Waals surface area contributed by atoms with Crippen LogP contribution in [-0.2, 0) is 4.79 Å². The van der Waals surface area contributed by atoms with Crippen molar-refractivity contribution in [3.63, 3.8) is 0 Å². The van der Waals surface area contributed by atoms with Gasteiger partial charge in [-0.05, 0) is 20.8 Å². The second kappa shape index (κ2) is 6.85. The van der Waals surface area contributed by atoms with Crippen molar-refractivity contribution >= 4 is 5.91 Å². The lowest BCUT2D eigenvalue weighted by molar-refractivity contribution is -0.124. The van der Waals surface area contributed by atoms with Gasteiger partial charge in [0.15, 0.2) is 0 Å². The second-order valence-electron chi connectivity index (χ2n) is 6.78. The van der Waals surface area contributed by atoms with Crippen LogP contribution in [0, 0.1) is 0 Å². The molecule has 2 heterocycles. The zero-order chi connectivity index (χ0) is 14.6. The maximum atomic E-state index is 11.9. The molecule has 0 aromatic rings. The highest BCUT2D eigenvalue weighted by Gasteiger charge is 2.26. The highest BCUT2D eigenvalue weighted by atomic mass is 16.2. The Hall–Kier alpha value is -0.690. The first kappa shape index (κ1) is 15.7. The largest absolute Gasteiger partial charge is 0.350 e. The fraction of sp³-hybridized carbons (Fsp3) is 0.929. The van der Waals surface area contributed by atoms with E-state index in [-0.39, 0.29) is 11.4 Å². The third-order valence-electron chi connectivity index (χ3n) is 3.75. The summed E-state index contributed by atoms with van der Waals surface area (Å²) in [7, 11) is 0. The summed E-state index contributed by atoms with van der Waals surface area (Å²) in [5, 5.41) is 9.98. The van der Waals surface area contributed by atoms with Gasteiger partial charge in [-0.2, -0.15) is 0 Å². The van der Waals surface area contributed by atoms with Crippen molar-refractivity contribution in [2.24, 2.45) is 0 Å². The first-order valence-electron chi connectivity index (χ1n) is 7.65. The maximum Gasteiger partial charge on any atom is 0.234 e. The molecule has 2 aliphatic rings. The van der Waals surface area contributed by atoms with Crippen LogP contribution in [-0.4, -0.2) is 79.8 Å². The topological polar surface area (TPSA) is 59.6 Å². The number of nitrogens with zero attached hydrogens (tertiary/aromatic N) is 2. The molecular weight excluding hydrogens is 254 g/mol. The summed E-state index contributed by atoms with van der Waals surface area (Å²) in [5.74, 6) is 0.128. The van der Waals surface area contributed by atoms with Crippen molar-refractivity contribution in [1.29, 1.82) is 0 Å². The number of hydrogen-bond acceptors (Lipinski definition) is 5. The van der Waals surface area contributed by atoms with Crippen LogP contribution in [0.15, 0.2) is 0 Å². The molecule has 0 saturated carbocycles. The highest BCUT2D eigenvalue weighted by molar-refractivity contribution is 5.78. The van der Waals surface area contributed by atoms with Crippen molar-refractivity contribution in [3.8, 4) is 0 Å². The molecule has 0 radical (unpaired) electrons. The minimum absolute atomic E-state index is 0.128. The van der Waals surface area contributed by atoms with Crippen LogP contribution < -0.4 is 16.0 Å². The van der Waals surface area contributed by atoms with Gasteiger partial charge in [0, 0.05) is 51.4 Å². The second-order valence-corrected chi connectivity index (χ2v) is 6.78. The van der Waals surface area contributed by atoms with E-state index in [9.17, 15) is 4.79 Å². The average Bonchev–Trinajstić information content (AvgIpc) is 2.38. The Morgan fingerprint density at radius 3 is 2.45 bits per heavy atom. The molecule has 0 spiro atoms. The van der Waals surface area contributed by atoms with Gasteiger partial charge in [-0.3, -0.25) is 19.9 Å². The molecule has 3 N–H and O–H groups in total. The minimum atomic E-state index is -0.142. The molecule has 116 valence electrons. The number of nitrogens with one attached hydrogen (secondary N) is 3. The first-order chi connectivity index (χ1) is 9.44. The van der Waals surface area contributed by atoms with Gasteiger partial charge in [0.2, 0.25) is 5.91 Å². The Kier molecular flexibility index (Phi) is 5.37. The van der Waals surface area contributed by atoms with Gasteiger partial charge in [0.05, 0.1) is 12.7 Å². The van der Waals surface area contributed by atoms with Crippen LogP contribution in [0.5, 0.6) is 0 Å². The first-order valence-corrected chi connectivity index (χ1v) is 7.65. The molecule has 2 rings (SSSR count). The van der Waals surface area contributed by atoms with E-state index in [1.165, 1.54) is 0 Å². The molecule has 0 aliphatic carbocycles. The quantitative estimate of drug-likeness (QED) is 0.623. The maximum absolute atomic E-state index is 11.9. The van der Waals surface area contributed by atoms with E-state index in [4.69, 9.17) is 0 Å². The van der Waals surface area contributed by atoms with E-state index in [0.29, 0.717) is 12.7 Å². The molecule has 1 amide bonds. The molecule has 1 unspecified atom stereocenters. The summed E-state index contributed by atoms with van der Waals surface area (Å²) in [6, 6.07) is 0. The molecule has 1 atom stereocenters. The van der Waals surface area contributed by atoms with Crippen molar-refractivity contribution in [1.82, 2.24) is 25.8 Å². The molecule has 0 aromatic carbocycles. The molecule has 0 bridgehead atoms. The average molecular weight is 283 g/mol. The molecule has 2 aliphatic heterocycles. The number of amides is 1. The SMILES string of the molecule is CC(C)(C)NC(=O)CN1CCN(C2CNCCN2)CC1. The molecule has 20 heavy (non-hydrogen) atoms. The van der Waals surface area contributed by atoms with Crippen LogP contribution >= 0.6 is 0 Å². The number of carbonyl (C=O) groups excluding carboxylic acids is 1. The lowest BCUT2D eigenvalue weighted by atomic mass is 10.1. The van der Waals surface area contributed by atoms with E-state index in [1.54, 1.807) is 0 Å². The fourth-order valence-corrected chi connectivity index (χ4v) is 2.79. The highest BCUT2D eigenvalue weighted by Crippen LogP contribution is 2.06. The van der Waals surface area contributed by atoms with Gasteiger partial charge in [0.1, 0.15) is 0 Å². The fourth-order valence-electron chi connectivity index (χ4n) is 2.79. The van der Waals surface area contributed by atoms with Crippen LogP contribution in [0.25, 0.3) is 0 Å². The summed E-state index contributed by atoms with van der Waals surface area (Å²) in [6.07, 6.45) is 0.453. The Bertz CT molecular complexity index is 314. The van der Waals surface area contributed by atoms with E-state index in [2.05, 4.69) is 25.8 Å². The monoisotopic (exact) mass is 283 g/mol. The van der Waals surface area contributed by atoms with E-state index >= 15 is 0 Å². The van der Waals surface area contributed by atoms with Gasteiger partial charge in [-0.25, -0.2) is 0 Å².